The lowest BCUT2D eigenvalue weighted by Crippen LogP contribution is -2.28. The molecule has 1 aromatic carbocycles. The second-order valence-corrected chi connectivity index (χ2v) is 4.22. The van der Waals surface area contributed by atoms with Crippen molar-refractivity contribution >= 4 is 16.6 Å². The number of hydrogen-bond acceptors (Lipinski definition) is 3. The molecule has 4 heteroatoms. The highest BCUT2D eigenvalue weighted by Crippen LogP contribution is 2.16. The molecule has 0 unspecified atom stereocenters. The fourth-order valence-corrected chi connectivity index (χ4v) is 2.26. The summed E-state index contributed by atoms with van der Waals surface area (Å²) in [6.07, 6.45) is 3.07. The molecule has 2 heterocycles. The molecule has 2 N–H and O–H groups in total. The predicted molar refractivity (Wildman–Crippen MR) is 63.4 cm³/mol. The molecule has 0 spiro atoms. The fourth-order valence-electron chi connectivity index (χ4n) is 2.26. The highest BCUT2D eigenvalue weighted by molar-refractivity contribution is 5.81. The molecule has 82 valence electrons. The van der Waals surface area contributed by atoms with Crippen molar-refractivity contribution in [2.75, 3.05) is 5.73 Å². The van der Waals surface area contributed by atoms with Crippen molar-refractivity contribution in [3.05, 3.63) is 34.4 Å². The molecule has 0 bridgehead atoms. The van der Waals surface area contributed by atoms with E-state index in [1.54, 1.807) is 16.7 Å². The average molecular weight is 215 g/mol. The molecule has 0 fully saturated rings. The van der Waals surface area contributed by atoms with Crippen LogP contribution in [0.15, 0.2) is 23.0 Å². The molecule has 0 amide bonds. The Hall–Kier alpha value is -1.84. The van der Waals surface area contributed by atoms with Gasteiger partial charge in [0.15, 0.2) is 0 Å². The summed E-state index contributed by atoms with van der Waals surface area (Å²) in [4.78, 5) is 16.7. The van der Waals surface area contributed by atoms with Gasteiger partial charge in [0.1, 0.15) is 5.82 Å². The number of aryl methyl sites for hydroxylation is 1. The van der Waals surface area contributed by atoms with Gasteiger partial charge < -0.3 is 5.73 Å². The summed E-state index contributed by atoms with van der Waals surface area (Å²) in [7, 11) is 0. The lowest BCUT2D eigenvalue weighted by Gasteiger charge is -2.17. The zero-order valence-corrected chi connectivity index (χ0v) is 8.94. The molecule has 16 heavy (non-hydrogen) atoms. The van der Waals surface area contributed by atoms with Crippen LogP contribution >= 0.6 is 0 Å². The predicted octanol–water partition coefficient (Wildman–Crippen LogP) is 1.31. The van der Waals surface area contributed by atoms with Crippen LogP contribution in [0, 0.1) is 0 Å². The van der Waals surface area contributed by atoms with Crippen molar-refractivity contribution in [3.8, 4) is 0 Å². The summed E-state index contributed by atoms with van der Waals surface area (Å²) in [5.74, 6) is 0.911. The van der Waals surface area contributed by atoms with Gasteiger partial charge in [0.2, 0.25) is 0 Å². The van der Waals surface area contributed by atoms with Gasteiger partial charge in [-0.15, -0.1) is 0 Å². The Morgan fingerprint density at radius 2 is 2.19 bits per heavy atom. The Labute approximate surface area is 92.7 Å². The van der Waals surface area contributed by atoms with Gasteiger partial charge in [0.05, 0.1) is 10.9 Å². The minimum atomic E-state index is 0.0481. The molecular formula is C12H13N3O. The van der Waals surface area contributed by atoms with Gasteiger partial charge in [-0.3, -0.25) is 9.36 Å². The normalized spacial score (nSPS) is 15.0. The van der Waals surface area contributed by atoms with Crippen LogP contribution in [-0.4, -0.2) is 9.55 Å². The van der Waals surface area contributed by atoms with Crippen molar-refractivity contribution in [1.29, 1.82) is 0 Å². The number of aromatic nitrogens is 2. The van der Waals surface area contributed by atoms with E-state index in [2.05, 4.69) is 4.98 Å². The maximum atomic E-state index is 12.2. The van der Waals surface area contributed by atoms with Gasteiger partial charge in [-0.2, -0.15) is 0 Å². The molecule has 1 aromatic heterocycles. The molecule has 2 aromatic rings. The topological polar surface area (TPSA) is 60.9 Å². The largest absolute Gasteiger partial charge is 0.399 e. The van der Waals surface area contributed by atoms with Crippen LogP contribution in [0.3, 0.4) is 0 Å². The third kappa shape index (κ3) is 1.30. The number of nitrogens with zero attached hydrogens (tertiary/aromatic N) is 2. The Balaban J connectivity index is 2.40. The number of rotatable bonds is 0. The van der Waals surface area contributed by atoms with Crippen LogP contribution in [0.2, 0.25) is 0 Å². The first-order valence-electron chi connectivity index (χ1n) is 5.55. The minimum Gasteiger partial charge on any atom is -0.399 e. The Morgan fingerprint density at radius 3 is 3.06 bits per heavy atom. The van der Waals surface area contributed by atoms with E-state index in [9.17, 15) is 4.79 Å². The van der Waals surface area contributed by atoms with E-state index in [1.165, 1.54) is 0 Å². The molecule has 4 nitrogen and oxygen atoms in total. The highest BCUT2D eigenvalue weighted by Gasteiger charge is 2.14. The van der Waals surface area contributed by atoms with E-state index in [1.807, 2.05) is 6.07 Å². The van der Waals surface area contributed by atoms with Gasteiger partial charge in [0, 0.05) is 18.7 Å². The van der Waals surface area contributed by atoms with E-state index < -0.39 is 0 Å². The summed E-state index contributed by atoms with van der Waals surface area (Å²) in [6, 6.07) is 5.32. The van der Waals surface area contributed by atoms with Crippen molar-refractivity contribution < 1.29 is 0 Å². The highest BCUT2D eigenvalue weighted by atomic mass is 16.1. The lowest BCUT2D eigenvalue weighted by molar-refractivity contribution is 0.501. The molecule has 0 radical (unpaired) electrons. The first kappa shape index (κ1) is 9.39. The number of anilines is 1. The van der Waals surface area contributed by atoms with Crippen LogP contribution in [0.4, 0.5) is 5.69 Å². The maximum absolute atomic E-state index is 12.2. The zero-order valence-electron chi connectivity index (χ0n) is 8.94. The van der Waals surface area contributed by atoms with Crippen LogP contribution in [-0.2, 0) is 13.0 Å². The average Bonchev–Trinajstić information content (AvgIpc) is 2.31. The number of fused-ring (bicyclic) bond motifs is 2. The van der Waals surface area contributed by atoms with Crippen molar-refractivity contribution in [2.24, 2.45) is 0 Å². The Bertz CT molecular complexity index is 615. The summed E-state index contributed by atoms with van der Waals surface area (Å²) in [5, 5.41) is 0.630. The molecule has 1 aliphatic heterocycles. The summed E-state index contributed by atoms with van der Waals surface area (Å²) in [6.45, 7) is 0.784. The number of benzene rings is 1. The first-order valence-corrected chi connectivity index (χ1v) is 5.55. The third-order valence-electron chi connectivity index (χ3n) is 3.09. The molecule has 0 atom stereocenters. The zero-order chi connectivity index (χ0) is 11.1. The monoisotopic (exact) mass is 215 g/mol. The summed E-state index contributed by atoms with van der Waals surface area (Å²) < 4.78 is 1.78. The van der Waals surface area contributed by atoms with Crippen molar-refractivity contribution in [1.82, 2.24) is 9.55 Å². The SMILES string of the molecule is Nc1ccc2nc3n(c(=O)c2c1)CCCC3. The van der Waals surface area contributed by atoms with Gasteiger partial charge in [-0.1, -0.05) is 0 Å². The van der Waals surface area contributed by atoms with Crippen LogP contribution in [0.5, 0.6) is 0 Å². The molecule has 0 saturated heterocycles. The van der Waals surface area contributed by atoms with Gasteiger partial charge in [0.25, 0.3) is 5.56 Å². The minimum absolute atomic E-state index is 0.0481. The first-order chi connectivity index (χ1) is 7.75. The van der Waals surface area contributed by atoms with Crippen molar-refractivity contribution in [3.63, 3.8) is 0 Å². The number of hydrogen-bond donors (Lipinski definition) is 1. The van der Waals surface area contributed by atoms with E-state index in [-0.39, 0.29) is 5.56 Å². The third-order valence-corrected chi connectivity index (χ3v) is 3.09. The van der Waals surface area contributed by atoms with Crippen LogP contribution in [0.25, 0.3) is 10.9 Å². The molecule has 0 saturated carbocycles. The molecular weight excluding hydrogens is 202 g/mol. The van der Waals surface area contributed by atoms with Crippen molar-refractivity contribution in [2.45, 2.75) is 25.8 Å². The molecule has 3 rings (SSSR count). The maximum Gasteiger partial charge on any atom is 0.261 e. The van der Waals surface area contributed by atoms with Gasteiger partial charge in [-0.05, 0) is 31.0 Å². The summed E-state index contributed by atoms with van der Waals surface area (Å²) >= 11 is 0. The Morgan fingerprint density at radius 1 is 1.31 bits per heavy atom. The number of nitrogens with two attached hydrogens (primary N) is 1. The summed E-state index contributed by atoms with van der Waals surface area (Å²) in [5.41, 5.74) is 7.11. The van der Waals surface area contributed by atoms with Gasteiger partial charge in [-0.25, -0.2) is 4.98 Å². The molecule has 1 aliphatic rings. The number of nitrogen functional groups attached to an aromatic ring is 1. The van der Waals surface area contributed by atoms with E-state index >= 15 is 0 Å². The van der Waals surface area contributed by atoms with E-state index in [0.29, 0.717) is 11.1 Å². The van der Waals surface area contributed by atoms with Crippen LogP contribution < -0.4 is 11.3 Å². The lowest BCUT2D eigenvalue weighted by atomic mass is 10.1. The van der Waals surface area contributed by atoms with Crippen LogP contribution in [0.1, 0.15) is 18.7 Å². The second kappa shape index (κ2) is 3.33. The van der Waals surface area contributed by atoms with Gasteiger partial charge >= 0.3 is 0 Å². The smallest absolute Gasteiger partial charge is 0.261 e. The standard InChI is InChI=1S/C12H13N3O/c13-8-4-5-10-9(7-8)12(16)15-6-2-1-3-11(15)14-10/h4-5,7H,1-3,6,13H2. The van der Waals surface area contributed by atoms with E-state index in [0.717, 1.165) is 37.1 Å². The Kier molecular flexibility index (Phi) is 1.96. The molecule has 0 aliphatic carbocycles. The fraction of sp³-hybridized carbons (Fsp3) is 0.333. The second-order valence-electron chi connectivity index (χ2n) is 4.22. The quantitative estimate of drug-likeness (QED) is 0.674. The van der Waals surface area contributed by atoms with E-state index in [4.69, 9.17) is 5.73 Å².